The molecule has 0 spiro atoms. The summed E-state index contributed by atoms with van der Waals surface area (Å²) in [6.07, 6.45) is 12.6. The topological polar surface area (TPSA) is 34.1 Å². The fraction of sp³-hybridized carbons (Fsp3) is 0.933. The fourth-order valence-electron chi connectivity index (χ4n) is 2.07. The first-order valence-electron chi connectivity index (χ1n) is 7.57. The van der Waals surface area contributed by atoms with E-state index in [1.807, 2.05) is 6.92 Å². The molecular formula is C15H30O2S. The van der Waals surface area contributed by atoms with Crippen molar-refractivity contribution in [3.63, 3.8) is 0 Å². The molecule has 0 aliphatic heterocycles. The van der Waals surface area contributed by atoms with E-state index in [-0.39, 0.29) is 0 Å². The van der Waals surface area contributed by atoms with E-state index in [0.717, 1.165) is 12.8 Å². The first kappa shape index (κ1) is 17.7. The zero-order chi connectivity index (χ0) is 13.7. The molecule has 0 aromatic rings. The van der Waals surface area contributed by atoms with Crippen molar-refractivity contribution in [1.29, 1.82) is 0 Å². The van der Waals surface area contributed by atoms with Crippen molar-refractivity contribution in [3.8, 4) is 0 Å². The van der Waals surface area contributed by atoms with Gasteiger partial charge in [-0.15, -0.1) is 0 Å². The van der Waals surface area contributed by atoms with Gasteiger partial charge in [-0.2, -0.15) is 0 Å². The zero-order valence-electron chi connectivity index (χ0n) is 12.2. The third-order valence-corrected chi connectivity index (χ3v) is 5.63. The lowest BCUT2D eigenvalue weighted by Gasteiger charge is -2.04. The second-order valence-corrected chi connectivity index (χ2v) is 7.85. The summed E-state index contributed by atoms with van der Waals surface area (Å²) in [6.45, 7) is 4.05. The van der Waals surface area contributed by atoms with Gasteiger partial charge in [0.05, 0.1) is 0 Å². The van der Waals surface area contributed by atoms with Crippen LogP contribution in [0.2, 0.25) is 0 Å². The second-order valence-electron chi connectivity index (χ2n) is 5.07. The molecule has 0 N–H and O–H groups in total. The van der Waals surface area contributed by atoms with E-state index in [9.17, 15) is 9.00 Å². The van der Waals surface area contributed by atoms with Crippen molar-refractivity contribution in [3.05, 3.63) is 0 Å². The number of carbonyl (C=O) groups excluding carboxylic acids is 1. The summed E-state index contributed by atoms with van der Waals surface area (Å²) < 4.78 is 11.7. The maximum atomic E-state index is 11.7. The monoisotopic (exact) mass is 274 g/mol. The van der Waals surface area contributed by atoms with Crippen LogP contribution in [0, 0.1) is 0 Å². The first-order valence-corrected chi connectivity index (χ1v) is 9.46. The van der Waals surface area contributed by atoms with Gasteiger partial charge in [0.25, 0.3) is 0 Å². The Labute approximate surface area is 114 Å². The molecule has 0 saturated heterocycles. The molecule has 0 aromatic carbocycles. The highest BCUT2D eigenvalue weighted by Crippen LogP contribution is 2.11. The van der Waals surface area contributed by atoms with Crippen LogP contribution in [0.5, 0.6) is 0 Å². The Morgan fingerprint density at radius 1 is 0.778 bits per heavy atom. The van der Waals surface area contributed by atoms with Crippen LogP contribution in [-0.2, 0) is 14.3 Å². The van der Waals surface area contributed by atoms with Crippen LogP contribution in [0.1, 0.15) is 78.1 Å². The Hall–Kier alpha value is -0.270. The van der Waals surface area contributed by atoms with Crippen molar-refractivity contribution in [2.75, 3.05) is 11.5 Å². The van der Waals surface area contributed by atoms with E-state index in [0.29, 0.717) is 11.5 Å². The lowest BCUT2D eigenvalue weighted by Crippen LogP contribution is -2.09. The average molecular weight is 274 g/mol. The Balaban J connectivity index is 3.32. The van der Waals surface area contributed by atoms with Crippen molar-refractivity contribution >= 4 is 14.8 Å². The van der Waals surface area contributed by atoms with Crippen molar-refractivity contribution in [2.45, 2.75) is 78.1 Å². The van der Waals surface area contributed by atoms with Crippen LogP contribution in [0.15, 0.2) is 0 Å². The molecule has 0 aliphatic rings. The third kappa shape index (κ3) is 9.73. The highest BCUT2D eigenvalue weighted by molar-refractivity contribution is 8.00. The molecule has 0 aromatic heterocycles. The highest BCUT2D eigenvalue weighted by atomic mass is 32.2. The molecule has 18 heavy (non-hydrogen) atoms. The molecule has 3 heteroatoms. The van der Waals surface area contributed by atoms with Gasteiger partial charge in [-0.3, -0.25) is 4.21 Å². The minimum Gasteiger partial charge on any atom is -0.257 e. The fourth-order valence-corrected chi connectivity index (χ4v) is 3.23. The smallest absolute Gasteiger partial charge is 0.186 e. The van der Waals surface area contributed by atoms with Gasteiger partial charge in [0.1, 0.15) is 0 Å². The maximum Gasteiger partial charge on any atom is 0.186 e. The summed E-state index contributed by atoms with van der Waals surface area (Å²) in [7, 11) is -2.28. The molecule has 1 atom stereocenters. The summed E-state index contributed by atoms with van der Waals surface area (Å²) in [6, 6.07) is 0. The standard InChI is InChI=1S/C15H30O2S/c1-3-5-6-7-8-9-10-11-12-13-14-18(17,4-2)15-16/h3-14H2,1-2H3. The van der Waals surface area contributed by atoms with Crippen LogP contribution in [0.3, 0.4) is 0 Å². The molecule has 1 unspecified atom stereocenters. The molecule has 0 saturated carbocycles. The van der Waals surface area contributed by atoms with Gasteiger partial charge in [-0.1, -0.05) is 71.6 Å². The van der Waals surface area contributed by atoms with Crippen molar-refractivity contribution < 1.29 is 9.00 Å². The summed E-state index contributed by atoms with van der Waals surface area (Å²) in [5.74, 6) is 0.997. The van der Waals surface area contributed by atoms with Crippen molar-refractivity contribution in [2.24, 2.45) is 0 Å². The van der Waals surface area contributed by atoms with Gasteiger partial charge in [0.2, 0.25) is 0 Å². The summed E-state index contributed by atoms with van der Waals surface area (Å²) in [5, 5.41) is 1.74. The lowest BCUT2D eigenvalue weighted by molar-refractivity contribution is 0.561. The number of rotatable bonds is 12. The third-order valence-electron chi connectivity index (χ3n) is 3.45. The van der Waals surface area contributed by atoms with Gasteiger partial charge >= 0.3 is 0 Å². The molecule has 0 amide bonds. The second kappa shape index (κ2) is 11.8. The Morgan fingerprint density at radius 2 is 1.22 bits per heavy atom. The lowest BCUT2D eigenvalue weighted by atomic mass is 10.1. The molecule has 0 rings (SSSR count). The molecule has 0 fully saturated rings. The van der Waals surface area contributed by atoms with E-state index in [1.54, 1.807) is 5.23 Å². The maximum absolute atomic E-state index is 11.7. The average Bonchev–Trinajstić information content (AvgIpc) is 2.40. The van der Waals surface area contributed by atoms with E-state index in [4.69, 9.17) is 0 Å². The van der Waals surface area contributed by atoms with Crippen LogP contribution in [0.4, 0.5) is 0 Å². The van der Waals surface area contributed by atoms with Crippen LogP contribution in [0.25, 0.3) is 0 Å². The Morgan fingerprint density at radius 3 is 1.61 bits per heavy atom. The number of hydrogen-bond donors (Lipinski definition) is 0. The summed E-state index contributed by atoms with van der Waals surface area (Å²) >= 11 is 0. The Kier molecular flexibility index (Phi) is 11.6. The SMILES string of the molecule is CCCCCCCCCCCCS(=O)(=C=O)CC. The molecule has 0 heterocycles. The molecule has 0 radical (unpaired) electrons. The van der Waals surface area contributed by atoms with Crippen molar-refractivity contribution in [1.82, 2.24) is 0 Å². The summed E-state index contributed by atoms with van der Waals surface area (Å²) in [5.41, 5.74) is 0. The quantitative estimate of drug-likeness (QED) is 0.393. The van der Waals surface area contributed by atoms with Gasteiger partial charge < -0.3 is 0 Å². The van der Waals surface area contributed by atoms with E-state index in [2.05, 4.69) is 6.92 Å². The van der Waals surface area contributed by atoms with Crippen LogP contribution >= 0.6 is 0 Å². The van der Waals surface area contributed by atoms with Gasteiger partial charge in [0, 0.05) is 21.0 Å². The van der Waals surface area contributed by atoms with Gasteiger partial charge in [-0.25, -0.2) is 4.79 Å². The molecule has 0 bridgehead atoms. The molecule has 2 nitrogen and oxygen atoms in total. The largest absolute Gasteiger partial charge is 0.257 e. The Bertz CT molecular complexity index is 310. The number of unbranched alkanes of at least 4 members (excludes halogenated alkanes) is 9. The highest BCUT2D eigenvalue weighted by Gasteiger charge is 2.04. The molecular weight excluding hydrogens is 244 g/mol. The first-order chi connectivity index (χ1) is 8.68. The molecule has 108 valence electrons. The summed E-state index contributed by atoms with van der Waals surface area (Å²) in [4.78, 5) is 10.5. The predicted molar refractivity (Wildman–Crippen MR) is 81.1 cm³/mol. The van der Waals surface area contributed by atoms with Gasteiger partial charge in [0.15, 0.2) is 5.23 Å². The normalized spacial score (nSPS) is 14.1. The predicted octanol–water partition coefficient (Wildman–Crippen LogP) is 4.28. The minimum atomic E-state index is -2.28. The van der Waals surface area contributed by atoms with E-state index in [1.165, 1.54) is 51.4 Å². The van der Waals surface area contributed by atoms with Gasteiger partial charge in [-0.05, 0) is 6.42 Å². The minimum absolute atomic E-state index is 0.452. The van der Waals surface area contributed by atoms with Crippen LogP contribution < -0.4 is 0 Å². The van der Waals surface area contributed by atoms with Crippen LogP contribution in [-0.4, -0.2) is 20.9 Å². The van der Waals surface area contributed by atoms with E-state index >= 15 is 0 Å². The number of hydrogen-bond acceptors (Lipinski definition) is 2. The molecule has 0 aliphatic carbocycles. The van der Waals surface area contributed by atoms with E-state index < -0.39 is 9.52 Å². The zero-order valence-corrected chi connectivity index (χ0v) is 13.0.